The van der Waals surface area contributed by atoms with E-state index in [1.54, 1.807) is 0 Å². The molecule has 1 atom stereocenters. The summed E-state index contributed by atoms with van der Waals surface area (Å²) in [6, 6.07) is 0. The molecule has 0 saturated carbocycles. The van der Waals surface area contributed by atoms with E-state index in [1.807, 2.05) is 0 Å². The van der Waals surface area contributed by atoms with Crippen LogP contribution in [0.2, 0.25) is 0 Å². The molecule has 0 rings (SSSR count). The molecule has 0 aromatic heterocycles. The van der Waals surface area contributed by atoms with E-state index in [9.17, 15) is 9.59 Å². The summed E-state index contributed by atoms with van der Waals surface area (Å²) in [7, 11) is 0. The van der Waals surface area contributed by atoms with Crippen molar-refractivity contribution in [2.75, 3.05) is 6.61 Å². The van der Waals surface area contributed by atoms with Crippen LogP contribution in [0.5, 0.6) is 0 Å². The van der Waals surface area contributed by atoms with Crippen molar-refractivity contribution in [3.63, 3.8) is 0 Å². The van der Waals surface area contributed by atoms with Crippen LogP contribution >= 0.6 is 0 Å². The Hall–Kier alpha value is -0.860. The third-order valence-electron chi connectivity index (χ3n) is 3.86. The molecule has 21 heavy (non-hydrogen) atoms. The Labute approximate surface area is 130 Å². The van der Waals surface area contributed by atoms with Crippen molar-refractivity contribution in [2.24, 2.45) is 5.92 Å². The summed E-state index contributed by atoms with van der Waals surface area (Å²) in [6.07, 6.45) is 13.3. The second kappa shape index (κ2) is 15.5. The number of carbonyl (C=O) groups is 2. The summed E-state index contributed by atoms with van der Waals surface area (Å²) < 4.78 is 5.41. The zero-order valence-corrected chi connectivity index (χ0v) is 14.1. The van der Waals surface area contributed by atoms with Gasteiger partial charge in [-0.2, -0.15) is 0 Å². The summed E-state index contributed by atoms with van der Waals surface area (Å²) >= 11 is 0. The maximum Gasteiger partial charge on any atom is 0.308 e. The van der Waals surface area contributed by atoms with Crippen LogP contribution < -0.4 is 0 Å². The normalized spacial score (nSPS) is 12.1. The van der Waals surface area contributed by atoms with E-state index >= 15 is 0 Å². The highest BCUT2D eigenvalue weighted by atomic mass is 16.5. The van der Waals surface area contributed by atoms with E-state index in [2.05, 4.69) is 13.8 Å². The molecule has 1 unspecified atom stereocenters. The molecule has 0 N–H and O–H groups in total. The molecule has 0 bridgehead atoms. The van der Waals surface area contributed by atoms with Gasteiger partial charge < -0.3 is 9.53 Å². The van der Waals surface area contributed by atoms with Crippen LogP contribution in [-0.4, -0.2) is 18.9 Å². The van der Waals surface area contributed by atoms with Crippen molar-refractivity contribution in [2.45, 2.75) is 90.9 Å². The van der Waals surface area contributed by atoms with E-state index in [1.165, 1.54) is 19.3 Å². The van der Waals surface area contributed by atoms with Crippen molar-refractivity contribution in [3.8, 4) is 0 Å². The maximum atomic E-state index is 12.1. The SMILES string of the molecule is CCCCCCC(CCCC)C(=O)OCCCCCC=O. The average Bonchev–Trinajstić information content (AvgIpc) is 2.49. The van der Waals surface area contributed by atoms with Crippen LogP contribution in [0.1, 0.15) is 90.9 Å². The van der Waals surface area contributed by atoms with E-state index in [0.717, 1.165) is 57.7 Å². The summed E-state index contributed by atoms with van der Waals surface area (Å²) in [5, 5.41) is 0. The van der Waals surface area contributed by atoms with Crippen molar-refractivity contribution < 1.29 is 14.3 Å². The van der Waals surface area contributed by atoms with Crippen LogP contribution in [0.3, 0.4) is 0 Å². The van der Waals surface area contributed by atoms with Gasteiger partial charge in [0.25, 0.3) is 0 Å². The van der Waals surface area contributed by atoms with Gasteiger partial charge in [-0.3, -0.25) is 4.79 Å². The lowest BCUT2D eigenvalue weighted by molar-refractivity contribution is -0.149. The highest BCUT2D eigenvalue weighted by Crippen LogP contribution is 2.19. The van der Waals surface area contributed by atoms with Crippen LogP contribution in [0.25, 0.3) is 0 Å². The molecule has 3 nitrogen and oxygen atoms in total. The van der Waals surface area contributed by atoms with Gasteiger partial charge in [0.15, 0.2) is 0 Å². The molecule has 0 saturated heterocycles. The minimum atomic E-state index is -0.00432. The maximum absolute atomic E-state index is 12.1. The lowest BCUT2D eigenvalue weighted by atomic mass is 9.95. The second-order valence-corrected chi connectivity index (χ2v) is 5.87. The molecule has 124 valence electrons. The standard InChI is InChI=1S/C18H34O3/c1-3-5-7-10-14-17(13-6-4-2)18(20)21-16-12-9-8-11-15-19/h15,17H,3-14,16H2,1-2H3. The fourth-order valence-electron chi connectivity index (χ4n) is 2.45. The molecule has 0 radical (unpaired) electrons. The molecule has 0 heterocycles. The van der Waals surface area contributed by atoms with Gasteiger partial charge in [0.2, 0.25) is 0 Å². The Morgan fingerprint density at radius 3 is 2.24 bits per heavy atom. The molecular formula is C18H34O3. The number of hydrogen-bond acceptors (Lipinski definition) is 3. The van der Waals surface area contributed by atoms with Gasteiger partial charge in [-0.05, 0) is 32.1 Å². The Morgan fingerprint density at radius 1 is 0.905 bits per heavy atom. The number of hydrogen-bond donors (Lipinski definition) is 0. The van der Waals surface area contributed by atoms with Crippen molar-refractivity contribution >= 4 is 12.3 Å². The van der Waals surface area contributed by atoms with E-state index in [0.29, 0.717) is 13.0 Å². The number of ether oxygens (including phenoxy) is 1. The predicted molar refractivity (Wildman–Crippen MR) is 87.3 cm³/mol. The molecule has 0 aromatic rings. The van der Waals surface area contributed by atoms with Crippen molar-refractivity contribution in [1.82, 2.24) is 0 Å². The number of carbonyl (C=O) groups excluding carboxylic acids is 2. The zero-order chi connectivity index (χ0) is 15.8. The Kier molecular flexibility index (Phi) is 14.9. The molecule has 0 aliphatic carbocycles. The summed E-state index contributed by atoms with van der Waals surface area (Å²) in [4.78, 5) is 22.3. The monoisotopic (exact) mass is 298 g/mol. The highest BCUT2D eigenvalue weighted by Gasteiger charge is 2.18. The number of esters is 1. The summed E-state index contributed by atoms with van der Waals surface area (Å²) in [6.45, 7) is 4.87. The quantitative estimate of drug-likeness (QED) is 0.241. The van der Waals surface area contributed by atoms with Gasteiger partial charge in [0.1, 0.15) is 6.29 Å². The number of rotatable bonds is 15. The van der Waals surface area contributed by atoms with Gasteiger partial charge >= 0.3 is 5.97 Å². The Bertz CT molecular complexity index is 251. The van der Waals surface area contributed by atoms with Gasteiger partial charge in [-0.25, -0.2) is 0 Å². The van der Waals surface area contributed by atoms with Crippen LogP contribution in [-0.2, 0) is 14.3 Å². The fraction of sp³-hybridized carbons (Fsp3) is 0.889. The largest absolute Gasteiger partial charge is 0.465 e. The number of unbranched alkanes of at least 4 members (excludes halogenated alkanes) is 7. The van der Waals surface area contributed by atoms with Crippen LogP contribution in [0.15, 0.2) is 0 Å². The molecule has 0 aliphatic rings. The third kappa shape index (κ3) is 12.6. The molecule has 0 aliphatic heterocycles. The molecule has 0 aromatic carbocycles. The predicted octanol–water partition coefficient (Wildman–Crippen LogP) is 5.07. The molecular weight excluding hydrogens is 264 g/mol. The van der Waals surface area contributed by atoms with Gasteiger partial charge in [0, 0.05) is 6.42 Å². The van der Waals surface area contributed by atoms with Gasteiger partial charge in [0.05, 0.1) is 12.5 Å². The van der Waals surface area contributed by atoms with E-state index in [-0.39, 0.29) is 11.9 Å². The van der Waals surface area contributed by atoms with E-state index in [4.69, 9.17) is 4.74 Å². The molecule has 3 heteroatoms. The summed E-state index contributed by atoms with van der Waals surface area (Å²) in [5.74, 6) is 0.0899. The Balaban J connectivity index is 3.86. The third-order valence-corrected chi connectivity index (χ3v) is 3.86. The van der Waals surface area contributed by atoms with Crippen molar-refractivity contribution in [3.05, 3.63) is 0 Å². The van der Waals surface area contributed by atoms with Crippen LogP contribution in [0, 0.1) is 5.92 Å². The fourth-order valence-corrected chi connectivity index (χ4v) is 2.45. The van der Waals surface area contributed by atoms with Crippen molar-refractivity contribution in [1.29, 1.82) is 0 Å². The smallest absolute Gasteiger partial charge is 0.308 e. The first kappa shape index (κ1) is 20.1. The lowest BCUT2D eigenvalue weighted by Gasteiger charge is -2.15. The molecule has 0 fully saturated rings. The minimum absolute atomic E-state index is 0.00432. The summed E-state index contributed by atoms with van der Waals surface area (Å²) in [5.41, 5.74) is 0. The average molecular weight is 298 g/mol. The molecule has 0 spiro atoms. The first-order valence-electron chi connectivity index (χ1n) is 8.86. The first-order chi connectivity index (χ1) is 10.3. The number of aldehydes is 1. The molecule has 0 amide bonds. The highest BCUT2D eigenvalue weighted by molar-refractivity contribution is 5.72. The lowest BCUT2D eigenvalue weighted by Crippen LogP contribution is -2.18. The first-order valence-corrected chi connectivity index (χ1v) is 8.86. The van der Waals surface area contributed by atoms with Gasteiger partial charge in [-0.1, -0.05) is 52.4 Å². The topological polar surface area (TPSA) is 43.4 Å². The van der Waals surface area contributed by atoms with Crippen LogP contribution in [0.4, 0.5) is 0 Å². The second-order valence-electron chi connectivity index (χ2n) is 5.87. The zero-order valence-electron chi connectivity index (χ0n) is 14.1. The Morgan fingerprint density at radius 2 is 1.57 bits per heavy atom. The minimum Gasteiger partial charge on any atom is -0.465 e. The van der Waals surface area contributed by atoms with E-state index < -0.39 is 0 Å². The van der Waals surface area contributed by atoms with Gasteiger partial charge in [-0.15, -0.1) is 0 Å².